The summed E-state index contributed by atoms with van der Waals surface area (Å²) in [5.74, 6) is -0.168. The Morgan fingerprint density at radius 3 is 2.50 bits per heavy atom. The van der Waals surface area contributed by atoms with Gasteiger partial charge in [-0.1, -0.05) is 40.9 Å². The smallest absolute Gasteiger partial charge is 0.308 e. The Labute approximate surface area is 167 Å². The van der Waals surface area contributed by atoms with E-state index in [2.05, 4.69) is 15.6 Å². The van der Waals surface area contributed by atoms with Gasteiger partial charge < -0.3 is 5.32 Å². The number of hydrogen-bond acceptors (Lipinski definition) is 3. The van der Waals surface area contributed by atoms with Crippen molar-refractivity contribution in [3.8, 4) is 0 Å². The fourth-order valence-corrected chi connectivity index (χ4v) is 3.60. The van der Waals surface area contributed by atoms with Crippen molar-refractivity contribution < 1.29 is 9.18 Å². The van der Waals surface area contributed by atoms with Crippen molar-refractivity contribution in [2.45, 2.75) is 6.42 Å². The summed E-state index contributed by atoms with van der Waals surface area (Å²) >= 11 is 19.4. The van der Waals surface area contributed by atoms with E-state index < -0.39 is 11.8 Å². The number of urea groups is 1. The van der Waals surface area contributed by atoms with Crippen molar-refractivity contribution in [3.63, 3.8) is 0 Å². The van der Waals surface area contributed by atoms with Gasteiger partial charge in [0.25, 0.3) is 0 Å². The second kappa shape index (κ2) is 8.22. The molecule has 0 spiro atoms. The molecule has 2 aromatic carbocycles. The molecule has 0 unspecified atom stereocenters. The van der Waals surface area contributed by atoms with E-state index in [0.717, 1.165) is 10.6 Å². The lowest BCUT2D eigenvalue weighted by Crippen LogP contribution is -2.19. The third-order valence-electron chi connectivity index (χ3n) is 3.36. The van der Waals surface area contributed by atoms with Crippen LogP contribution in [0.25, 0.3) is 0 Å². The van der Waals surface area contributed by atoms with Gasteiger partial charge in [-0.2, -0.15) is 0 Å². The molecule has 26 heavy (non-hydrogen) atoms. The van der Waals surface area contributed by atoms with Gasteiger partial charge in [0.15, 0.2) is 0 Å². The van der Waals surface area contributed by atoms with Crippen LogP contribution in [0.1, 0.15) is 10.6 Å². The van der Waals surface area contributed by atoms with Gasteiger partial charge in [0.05, 0.1) is 10.0 Å². The van der Waals surface area contributed by atoms with Gasteiger partial charge in [-0.15, -0.1) is 11.3 Å². The zero-order valence-corrected chi connectivity index (χ0v) is 16.1. The lowest BCUT2D eigenvalue weighted by atomic mass is 10.1. The Hall–Kier alpha value is -1.86. The first-order chi connectivity index (χ1) is 12.4. The van der Waals surface area contributed by atoms with Crippen molar-refractivity contribution in [1.29, 1.82) is 0 Å². The van der Waals surface area contributed by atoms with Crippen LogP contribution in [-0.2, 0) is 6.42 Å². The molecule has 0 radical (unpaired) electrons. The monoisotopic (exact) mass is 429 g/mol. The topological polar surface area (TPSA) is 54.0 Å². The minimum absolute atomic E-state index is 0.0737. The number of aromatic nitrogens is 1. The molecular formula is C17H11Cl3FN3OS. The number of thiazole rings is 1. The highest BCUT2D eigenvalue weighted by Gasteiger charge is 2.11. The van der Waals surface area contributed by atoms with Gasteiger partial charge in [0.1, 0.15) is 11.6 Å². The van der Waals surface area contributed by atoms with Crippen molar-refractivity contribution in [2.24, 2.45) is 0 Å². The number of nitrogens with one attached hydrogen (secondary N) is 2. The SMILES string of the molecule is O=C(Nc1ccc(F)c(Cl)c1)Nc1csc(Cc2c(Cl)cccc2Cl)n1. The summed E-state index contributed by atoms with van der Waals surface area (Å²) in [6, 6.07) is 8.68. The highest BCUT2D eigenvalue weighted by molar-refractivity contribution is 7.10. The van der Waals surface area contributed by atoms with E-state index in [9.17, 15) is 9.18 Å². The van der Waals surface area contributed by atoms with E-state index in [4.69, 9.17) is 34.8 Å². The fourth-order valence-electron chi connectivity index (χ4n) is 2.15. The average molecular weight is 431 g/mol. The number of rotatable bonds is 4. The van der Waals surface area contributed by atoms with Gasteiger partial charge in [-0.05, 0) is 35.9 Å². The molecule has 3 aromatic rings. The van der Waals surface area contributed by atoms with Crippen molar-refractivity contribution in [1.82, 2.24) is 4.98 Å². The van der Waals surface area contributed by atoms with Crippen LogP contribution in [0.5, 0.6) is 0 Å². The van der Waals surface area contributed by atoms with Crippen molar-refractivity contribution in [3.05, 3.63) is 73.2 Å². The van der Waals surface area contributed by atoms with E-state index in [1.807, 2.05) is 0 Å². The summed E-state index contributed by atoms with van der Waals surface area (Å²) in [5, 5.41) is 8.67. The van der Waals surface area contributed by atoms with E-state index in [-0.39, 0.29) is 5.02 Å². The summed E-state index contributed by atoms with van der Waals surface area (Å²) < 4.78 is 13.1. The van der Waals surface area contributed by atoms with Gasteiger partial charge >= 0.3 is 6.03 Å². The summed E-state index contributed by atoms with van der Waals surface area (Å²) in [7, 11) is 0. The van der Waals surface area contributed by atoms with Crippen LogP contribution in [-0.4, -0.2) is 11.0 Å². The maximum absolute atomic E-state index is 13.1. The predicted octanol–water partition coefficient (Wildman–Crippen LogP) is 6.48. The molecule has 0 fully saturated rings. The first-order valence-electron chi connectivity index (χ1n) is 7.32. The van der Waals surface area contributed by atoms with Crippen LogP contribution in [0.3, 0.4) is 0 Å². The fraction of sp³-hybridized carbons (Fsp3) is 0.0588. The van der Waals surface area contributed by atoms with E-state index in [0.29, 0.717) is 28.0 Å². The normalized spacial score (nSPS) is 10.6. The lowest BCUT2D eigenvalue weighted by Gasteiger charge is -2.06. The number of halogens is 4. The number of carbonyl (C=O) groups is 1. The van der Waals surface area contributed by atoms with Gasteiger partial charge in [-0.3, -0.25) is 5.32 Å². The molecule has 0 bridgehead atoms. The van der Waals surface area contributed by atoms with Crippen LogP contribution in [0.4, 0.5) is 20.7 Å². The molecule has 134 valence electrons. The summed E-state index contributed by atoms with van der Waals surface area (Å²) in [5.41, 5.74) is 1.15. The Balaban J connectivity index is 1.64. The molecule has 2 N–H and O–H groups in total. The first-order valence-corrected chi connectivity index (χ1v) is 9.34. The summed E-state index contributed by atoms with van der Waals surface area (Å²) in [4.78, 5) is 16.4. The molecule has 1 heterocycles. The molecule has 0 aliphatic rings. The first kappa shape index (κ1) is 18.9. The molecule has 2 amide bonds. The van der Waals surface area contributed by atoms with Gasteiger partial charge in [-0.25, -0.2) is 14.2 Å². The zero-order valence-electron chi connectivity index (χ0n) is 13.0. The van der Waals surface area contributed by atoms with Crippen LogP contribution >= 0.6 is 46.1 Å². The van der Waals surface area contributed by atoms with E-state index in [1.54, 1.807) is 23.6 Å². The standard InChI is InChI=1S/C17H11Cl3FN3OS/c18-11-2-1-3-12(19)10(11)7-16-23-15(8-26-16)24-17(25)22-9-4-5-14(21)13(20)6-9/h1-6,8H,7H2,(H2,22,24,25). The third kappa shape index (κ3) is 4.65. The van der Waals surface area contributed by atoms with Crippen LogP contribution in [0, 0.1) is 5.82 Å². The predicted molar refractivity (Wildman–Crippen MR) is 105 cm³/mol. The number of hydrogen-bond donors (Lipinski definition) is 2. The highest BCUT2D eigenvalue weighted by atomic mass is 35.5. The number of carbonyl (C=O) groups excluding carboxylic acids is 1. The molecule has 0 atom stereocenters. The second-order valence-electron chi connectivity index (χ2n) is 5.21. The Bertz CT molecular complexity index is 944. The number of anilines is 2. The minimum Gasteiger partial charge on any atom is -0.308 e. The molecular weight excluding hydrogens is 420 g/mol. The molecule has 0 saturated carbocycles. The zero-order chi connectivity index (χ0) is 18.7. The molecule has 0 aliphatic heterocycles. The maximum Gasteiger partial charge on any atom is 0.324 e. The largest absolute Gasteiger partial charge is 0.324 e. The Morgan fingerprint density at radius 1 is 1.08 bits per heavy atom. The molecule has 9 heteroatoms. The van der Waals surface area contributed by atoms with Crippen molar-refractivity contribution >= 4 is 63.7 Å². The third-order valence-corrected chi connectivity index (χ3v) is 5.21. The van der Waals surface area contributed by atoms with Crippen LogP contribution < -0.4 is 10.6 Å². The van der Waals surface area contributed by atoms with E-state index in [1.165, 1.54) is 29.5 Å². The molecule has 4 nitrogen and oxygen atoms in total. The quantitative estimate of drug-likeness (QED) is 0.498. The van der Waals surface area contributed by atoms with Gasteiger partial charge in [0.2, 0.25) is 0 Å². The number of amides is 2. The summed E-state index contributed by atoms with van der Waals surface area (Å²) in [6.45, 7) is 0. The molecule has 3 rings (SSSR count). The van der Waals surface area contributed by atoms with Crippen LogP contribution in [0.2, 0.25) is 15.1 Å². The second-order valence-corrected chi connectivity index (χ2v) is 7.38. The summed E-state index contributed by atoms with van der Waals surface area (Å²) in [6.07, 6.45) is 0.458. The molecule has 1 aromatic heterocycles. The van der Waals surface area contributed by atoms with E-state index >= 15 is 0 Å². The van der Waals surface area contributed by atoms with Gasteiger partial charge in [0, 0.05) is 27.5 Å². The average Bonchev–Trinajstić information content (AvgIpc) is 3.01. The minimum atomic E-state index is -0.556. The Kier molecular flexibility index (Phi) is 5.98. The molecule has 0 aliphatic carbocycles. The lowest BCUT2D eigenvalue weighted by molar-refractivity contribution is 0.262. The number of benzene rings is 2. The maximum atomic E-state index is 13.1. The number of nitrogens with zero attached hydrogens (tertiary/aromatic N) is 1. The highest BCUT2D eigenvalue weighted by Crippen LogP contribution is 2.28. The molecule has 0 saturated heterocycles. The Morgan fingerprint density at radius 2 is 1.81 bits per heavy atom. The van der Waals surface area contributed by atoms with Crippen LogP contribution in [0.15, 0.2) is 41.8 Å². The van der Waals surface area contributed by atoms with Crippen molar-refractivity contribution in [2.75, 3.05) is 10.6 Å².